The van der Waals surface area contributed by atoms with E-state index >= 15 is 0 Å². The molecule has 10 rings (SSSR count). The number of unbranched alkanes of at least 4 members (excludes halogenated alkanes) is 36. The van der Waals surface area contributed by atoms with Gasteiger partial charge in [-0.1, -0.05) is 323 Å². The number of hydrogen-bond donors (Lipinski definition) is 0. The van der Waals surface area contributed by atoms with Crippen molar-refractivity contribution < 1.29 is 0 Å². The fourth-order valence-electron chi connectivity index (χ4n) is 17.9. The summed E-state index contributed by atoms with van der Waals surface area (Å²) >= 11 is 6.97. The van der Waals surface area contributed by atoms with Gasteiger partial charge in [0.05, 0.1) is 33.2 Å². The third kappa shape index (κ3) is 17.2. The summed E-state index contributed by atoms with van der Waals surface area (Å²) in [5.41, 5.74) is 25.3. The molecule has 7 aromatic rings. The van der Waals surface area contributed by atoms with E-state index in [1.165, 1.54) is 383 Å². The highest BCUT2D eigenvalue weighted by Gasteiger charge is 2.50. The molecule has 3 aromatic carbocycles. The molecular weight excluding hydrogens is 1220 g/mol. The predicted molar refractivity (Wildman–Crippen MR) is 419 cm³/mol. The number of fused-ring (bicyclic) bond motifs is 13. The third-order valence-corrected chi connectivity index (χ3v) is 26.3. The second-order valence-electron chi connectivity index (χ2n) is 30.2. The van der Waals surface area contributed by atoms with E-state index in [1.54, 1.807) is 33.4 Å². The SMILES string of the molecule is CCCCCCCCCCCCC1(CCCCCCCCCCCC)c2cc3c(cc2-c2c1cc(C)c1nsnc21)C(CCCCCCCCCCCC)(CCCCCCCCCCCC)c1cc(-c2cc4c(s2)-c2sc(C)cc2C4=C(CCC)CCC)c2nsnc2c1-3. The number of aromatic nitrogens is 4. The first kappa shape index (κ1) is 73.2. The molecule has 4 heterocycles. The molecule has 0 radical (unpaired) electrons. The van der Waals surface area contributed by atoms with E-state index < -0.39 is 0 Å². The van der Waals surface area contributed by atoms with Crippen LogP contribution in [0.4, 0.5) is 0 Å². The largest absolute Gasteiger partial charge is 0.173 e. The van der Waals surface area contributed by atoms with Crippen LogP contribution in [0.15, 0.2) is 42.0 Å². The quantitative estimate of drug-likeness (QED) is 0.0357. The van der Waals surface area contributed by atoms with E-state index in [-0.39, 0.29) is 10.8 Å². The maximum Gasteiger partial charge on any atom is 0.114 e. The lowest BCUT2D eigenvalue weighted by molar-refractivity contribution is 0.393. The Kier molecular flexibility index (Phi) is 29.2. The zero-order valence-electron chi connectivity index (χ0n) is 60.8. The Hall–Kier alpha value is -3.56. The van der Waals surface area contributed by atoms with Crippen molar-refractivity contribution in [2.75, 3.05) is 0 Å². The summed E-state index contributed by atoms with van der Waals surface area (Å²) in [5, 5.41) is 0. The van der Waals surface area contributed by atoms with Gasteiger partial charge in [0.25, 0.3) is 0 Å². The van der Waals surface area contributed by atoms with E-state index in [1.807, 2.05) is 11.3 Å². The number of nitrogens with zero attached hydrogens (tertiary/aromatic N) is 4. The molecule has 94 heavy (non-hydrogen) atoms. The fourth-order valence-corrected chi connectivity index (χ4v) is 21.4. The molecule has 8 heteroatoms. The number of aryl methyl sites for hydroxylation is 2. The van der Waals surface area contributed by atoms with Crippen molar-refractivity contribution in [3.63, 3.8) is 0 Å². The second kappa shape index (κ2) is 37.6. The molecule has 0 atom stereocenters. The number of allylic oxidation sites excluding steroid dienone is 1. The molecule has 0 unspecified atom stereocenters. The van der Waals surface area contributed by atoms with Crippen molar-refractivity contribution in [1.29, 1.82) is 0 Å². The Balaban J connectivity index is 1.10. The molecule has 0 aliphatic heterocycles. The maximum atomic E-state index is 5.59. The third-order valence-electron chi connectivity index (χ3n) is 22.9. The van der Waals surface area contributed by atoms with Gasteiger partial charge in [-0.2, -0.15) is 17.5 Å². The van der Waals surface area contributed by atoms with Gasteiger partial charge in [0.1, 0.15) is 22.1 Å². The van der Waals surface area contributed by atoms with Gasteiger partial charge in [0.2, 0.25) is 0 Å². The zero-order valence-corrected chi connectivity index (χ0v) is 64.1. The first-order valence-electron chi connectivity index (χ1n) is 40.0. The van der Waals surface area contributed by atoms with E-state index in [9.17, 15) is 0 Å². The van der Waals surface area contributed by atoms with E-state index in [2.05, 4.69) is 103 Å². The maximum absolute atomic E-state index is 5.59. The average molecular weight is 1340 g/mol. The average Bonchev–Trinajstić information content (AvgIpc) is 1.52. The normalized spacial score (nSPS) is 14.0. The summed E-state index contributed by atoms with van der Waals surface area (Å²) in [6.45, 7) is 18.8. The van der Waals surface area contributed by atoms with Crippen molar-refractivity contribution in [2.24, 2.45) is 0 Å². The number of hydrogen-bond acceptors (Lipinski definition) is 8. The minimum absolute atomic E-state index is 0.0867. The van der Waals surface area contributed by atoms with Crippen LogP contribution in [0.5, 0.6) is 0 Å². The van der Waals surface area contributed by atoms with Crippen molar-refractivity contribution >= 4 is 73.8 Å². The molecule has 0 spiro atoms. The Bertz CT molecular complexity index is 3410. The van der Waals surface area contributed by atoms with Gasteiger partial charge in [-0.25, -0.2) is 0 Å². The number of thiophene rings is 2. The van der Waals surface area contributed by atoms with Gasteiger partial charge in [-0.3, -0.25) is 0 Å². The Morgan fingerprint density at radius 2 is 0.638 bits per heavy atom. The van der Waals surface area contributed by atoms with Crippen molar-refractivity contribution in [2.45, 2.75) is 374 Å². The molecule has 4 nitrogen and oxygen atoms in total. The van der Waals surface area contributed by atoms with Gasteiger partial charge in [-0.15, -0.1) is 22.7 Å². The molecule has 4 aromatic heterocycles. The van der Waals surface area contributed by atoms with Crippen LogP contribution >= 0.6 is 46.1 Å². The summed E-state index contributed by atoms with van der Waals surface area (Å²) in [6, 6.07) is 16.3. The molecule has 0 bridgehead atoms. The van der Waals surface area contributed by atoms with Crippen LogP contribution in [0.2, 0.25) is 0 Å². The van der Waals surface area contributed by atoms with Crippen molar-refractivity contribution in [3.05, 3.63) is 85.8 Å². The molecule has 514 valence electrons. The highest BCUT2D eigenvalue weighted by atomic mass is 32.1. The van der Waals surface area contributed by atoms with Crippen LogP contribution in [0, 0.1) is 13.8 Å². The van der Waals surface area contributed by atoms with Gasteiger partial charge in [-0.05, 0) is 127 Å². The lowest BCUT2D eigenvalue weighted by atomic mass is 9.68. The first-order chi connectivity index (χ1) is 46.3. The topological polar surface area (TPSA) is 51.6 Å². The van der Waals surface area contributed by atoms with Crippen LogP contribution in [0.1, 0.15) is 394 Å². The Morgan fingerprint density at radius 3 is 1.04 bits per heavy atom. The molecule has 0 fully saturated rings. The van der Waals surface area contributed by atoms with Gasteiger partial charge >= 0.3 is 0 Å². The lowest BCUT2D eigenvalue weighted by Gasteiger charge is -2.35. The summed E-state index contributed by atoms with van der Waals surface area (Å²) in [6.07, 6.45) is 63.8. The van der Waals surface area contributed by atoms with E-state index in [0.717, 1.165) is 34.9 Å². The minimum Gasteiger partial charge on any atom is -0.173 e. The van der Waals surface area contributed by atoms with E-state index in [4.69, 9.17) is 17.5 Å². The summed E-state index contributed by atoms with van der Waals surface area (Å²) in [7, 11) is 0. The van der Waals surface area contributed by atoms with Crippen LogP contribution < -0.4 is 0 Å². The van der Waals surface area contributed by atoms with Crippen LogP contribution in [0.3, 0.4) is 0 Å². The molecule has 0 saturated heterocycles. The molecule has 3 aliphatic rings. The smallest absolute Gasteiger partial charge is 0.114 e. The highest BCUT2D eigenvalue weighted by molar-refractivity contribution is 7.24. The fraction of sp³-hybridized carbons (Fsp3) is 0.674. The monoisotopic (exact) mass is 1340 g/mol. The summed E-state index contributed by atoms with van der Waals surface area (Å²) in [5.74, 6) is 0. The molecule has 3 aliphatic carbocycles. The van der Waals surface area contributed by atoms with Crippen LogP contribution in [0.25, 0.3) is 70.1 Å². The number of benzene rings is 3. The van der Waals surface area contributed by atoms with Crippen molar-refractivity contribution in [3.8, 4) is 42.4 Å². The summed E-state index contributed by atoms with van der Waals surface area (Å²) in [4.78, 5) is 5.79. The Labute approximate surface area is 589 Å². The standard InChI is InChI=1S/C86H126N4S4/c1-9-15-19-23-27-31-35-39-43-47-53-85(54-48-44-40-36-32-28-24-20-16-10-2)71-60-67-72(59-66(71)77-73(85)57-63(7)79-81(77)89-93-87-79)86(55-49-45-41-37-33-29-25-21-17-11-3,56-50-46-42-38-34-30-26-22-18-12-4)74-61-68(80-82(78(67)74)90-94-88-80)75-62-70-76(65(51-13-5)52-14-6)69-58-64(8)91-83(69)84(70)92-75/h57-62H,9-56H2,1-8H3. The van der Waals surface area contributed by atoms with E-state index in [0.29, 0.717) is 0 Å². The highest BCUT2D eigenvalue weighted by Crippen LogP contribution is 2.64. The van der Waals surface area contributed by atoms with Gasteiger partial charge in [0.15, 0.2) is 0 Å². The molecule has 0 saturated carbocycles. The first-order valence-corrected chi connectivity index (χ1v) is 43.1. The van der Waals surface area contributed by atoms with Crippen molar-refractivity contribution in [1.82, 2.24) is 17.5 Å². The van der Waals surface area contributed by atoms with Gasteiger partial charge < -0.3 is 0 Å². The molecule has 0 N–H and O–H groups in total. The zero-order chi connectivity index (χ0) is 65.5. The Morgan fingerprint density at radius 1 is 0.309 bits per heavy atom. The number of rotatable bonds is 49. The lowest BCUT2D eigenvalue weighted by Crippen LogP contribution is -2.27. The second-order valence-corrected chi connectivity index (χ2v) is 33.5. The molecule has 0 amide bonds. The van der Waals surface area contributed by atoms with Crippen LogP contribution in [-0.2, 0) is 10.8 Å². The minimum atomic E-state index is -0.145. The van der Waals surface area contributed by atoms with Gasteiger partial charge in [0, 0.05) is 48.4 Å². The summed E-state index contributed by atoms with van der Waals surface area (Å²) < 4.78 is 21.5. The van der Waals surface area contributed by atoms with Crippen LogP contribution in [-0.4, -0.2) is 17.5 Å². The molecular formula is C86H126N4S4. The predicted octanol–water partition coefficient (Wildman–Crippen LogP) is 30.3.